The van der Waals surface area contributed by atoms with E-state index in [4.69, 9.17) is 4.74 Å². The van der Waals surface area contributed by atoms with Crippen molar-refractivity contribution in [2.45, 2.75) is 44.6 Å². The van der Waals surface area contributed by atoms with Gasteiger partial charge >= 0.3 is 0 Å². The summed E-state index contributed by atoms with van der Waals surface area (Å²) < 4.78 is 18.6. The van der Waals surface area contributed by atoms with Crippen LogP contribution in [-0.4, -0.2) is 73.0 Å². The van der Waals surface area contributed by atoms with E-state index in [1.807, 2.05) is 4.90 Å². The van der Waals surface area contributed by atoms with Gasteiger partial charge in [-0.05, 0) is 55.9 Å². The van der Waals surface area contributed by atoms with Crippen LogP contribution in [0, 0.1) is 17.7 Å². The van der Waals surface area contributed by atoms with Gasteiger partial charge in [-0.3, -0.25) is 14.4 Å². The molecule has 3 amide bonds. The number of amides is 3. The van der Waals surface area contributed by atoms with E-state index in [-0.39, 0.29) is 29.6 Å². The molecule has 0 spiro atoms. The molecule has 3 fully saturated rings. The predicted molar refractivity (Wildman–Crippen MR) is 116 cm³/mol. The highest BCUT2D eigenvalue weighted by atomic mass is 19.1. The van der Waals surface area contributed by atoms with Crippen LogP contribution in [0.5, 0.6) is 0 Å². The first-order valence-corrected chi connectivity index (χ1v) is 11.7. The van der Waals surface area contributed by atoms with Gasteiger partial charge in [0.15, 0.2) is 0 Å². The lowest BCUT2D eigenvalue weighted by atomic mass is 9.87. The summed E-state index contributed by atoms with van der Waals surface area (Å²) in [5.41, 5.74) is 0.319. The minimum absolute atomic E-state index is 0.0534. The van der Waals surface area contributed by atoms with E-state index < -0.39 is 11.9 Å². The van der Waals surface area contributed by atoms with E-state index in [0.717, 1.165) is 25.7 Å². The summed E-state index contributed by atoms with van der Waals surface area (Å²) in [4.78, 5) is 42.7. The Balaban J connectivity index is 1.43. The average molecular weight is 446 g/mol. The molecule has 1 aliphatic carbocycles. The third-order valence-electron chi connectivity index (χ3n) is 7.01. The Kier molecular flexibility index (Phi) is 7.40. The number of benzene rings is 1. The number of rotatable bonds is 5. The lowest BCUT2D eigenvalue weighted by molar-refractivity contribution is -0.140. The second kappa shape index (κ2) is 10.4. The molecular weight excluding hydrogens is 413 g/mol. The Labute approximate surface area is 188 Å². The Hall–Kier alpha value is -2.48. The number of hydrogen-bond acceptors (Lipinski definition) is 4. The van der Waals surface area contributed by atoms with Crippen molar-refractivity contribution >= 4 is 17.7 Å². The molecule has 7 nitrogen and oxygen atoms in total. The number of carbonyl (C=O) groups is 3. The van der Waals surface area contributed by atoms with Crippen LogP contribution in [-0.2, 0) is 14.3 Å². The number of carbonyl (C=O) groups excluding carboxylic acids is 3. The van der Waals surface area contributed by atoms with Crippen LogP contribution in [0.1, 0.15) is 48.9 Å². The lowest BCUT2D eigenvalue weighted by Gasteiger charge is -2.39. The maximum Gasteiger partial charge on any atom is 0.251 e. The quantitative estimate of drug-likeness (QED) is 0.754. The van der Waals surface area contributed by atoms with Crippen molar-refractivity contribution in [1.82, 2.24) is 15.1 Å². The zero-order valence-electron chi connectivity index (χ0n) is 18.4. The van der Waals surface area contributed by atoms with Crippen LogP contribution in [0.15, 0.2) is 24.3 Å². The molecule has 0 unspecified atom stereocenters. The SMILES string of the molecule is O=C(N[C@H](C(=O)N1CCOCC1)C1CCN(C(=O)C2CCCC2)CC1)c1ccc(F)cc1. The van der Waals surface area contributed by atoms with Gasteiger partial charge in [0.2, 0.25) is 11.8 Å². The first-order valence-electron chi connectivity index (χ1n) is 11.7. The highest BCUT2D eigenvalue weighted by molar-refractivity contribution is 5.97. The Bertz CT molecular complexity index is 811. The number of morpholine rings is 1. The third kappa shape index (κ3) is 5.28. The molecule has 1 saturated carbocycles. The summed E-state index contributed by atoms with van der Waals surface area (Å²) in [5, 5.41) is 2.92. The van der Waals surface area contributed by atoms with Gasteiger partial charge in [0, 0.05) is 37.7 Å². The molecule has 2 heterocycles. The van der Waals surface area contributed by atoms with Gasteiger partial charge in [-0.1, -0.05) is 12.8 Å². The second-order valence-corrected chi connectivity index (χ2v) is 9.04. The number of hydrogen-bond donors (Lipinski definition) is 1. The van der Waals surface area contributed by atoms with Gasteiger partial charge in [-0.15, -0.1) is 0 Å². The summed E-state index contributed by atoms with van der Waals surface area (Å²) in [7, 11) is 0. The molecule has 1 aromatic rings. The summed E-state index contributed by atoms with van der Waals surface area (Å²) in [6.45, 7) is 3.19. The molecule has 0 bridgehead atoms. The fourth-order valence-corrected chi connectivity index (χ4v) is 5.07. The Morgan fingerprint density at radius 1 is 0.906 bits per heavy atom. The molecule has 174 valence electrons. The predicted octanol–water partition coefficient (Wildman–Crippen LogP) is 2.21. The molecule has 2 saturated heterocycles. The molecule has 1 N–H and O–H groups in total. The van der Waals surface area contributed by atoms with E-state index in [9.17, 15) is 18.8 Å². The first-order chi connectivity index (χ1) is 15.5. The first kappa shape index (κ1) is 22.7. The number of likely N-dealkylation sites (tertiary alicyclic amines) is 1. The minimum atomic E-state index is -0.672. The van der Waals surface area contributed by atoms with Crippen molar-refractivity contribution in [2.75, 3.05) is 39.4 Å². The van der Waals surface area contributed by atoms with Crippen molar-refractivity contribution in [2.24, 2.45) is 11.8 Å². The van der Waals surface area contributed by atoms with Crippen LogP contribution in [0.2, 0.25) is 0 Å². The molecule has 1 atom stereocenters. The zero-order chi connectivity index (χ0) is 22.5. The normalized spacial score (nSPS) is 21.4. The van der Waals surface area contributed by atoms with Gasteiger partial charge in [0.1, 0.15) is 11.9 Å². The summed E-state index contributed by atoms with van der Waals surface area (Å²) in [5.74, 6) is -0.572. The highest BCUT2D eigenvalue weighted by Gasteiger charge is 2.37. The van der Waals surface area contributed by atoms with Gasteiger partial charge in [0.25, 0.3) is 5.91 Å². The van der Waals surface area contributed by atoms with Gasteiger partial charge in [0.05, 0.1) is 13.2 Å². The maximum atomic E-state index is 13.4. The second-order valence-electron chi connectivity index (χ2n) is 9.04. The maximum absolute atomic E-state index is 13.4. The molecule has 32 heavy (non-hydrogen) atoms. The standard InChI is InChI=1S/C24H32FN3O4/c25-20-7-5-18(6-8-20)22(29)26-21(24(31)28-13-15-32-16-14-28)17-9-11-27(12-10-17)23(30)19-3-1-2-4-19/h5-8,17,19,21H,1-4,9-16H2,(H,26,29)/t21-/m0/s1. The summed E-state index contributed by atoms with van der Waals surface area (Å²) in [6.07, 6.45) is 5.54. The molecule has 3 aliphatic rings. The molecule has 4 rings (SSSR count). The monoisotopic (exact) mass is 445 g/mol. The van der Waals surface area contributed by atoms with Crippen molar-refractivity contribution in [3.8, 4) is 0 Å². The van der Waals surface area contributed by atoms with Crippen LogP contribution in [0.25, 0.3) is 0 Å². The fraction of sp³-hybridized carbons (Fsp3) is 0.625. The molecule has 2 aliphatic heterocycles. The third-order valence-corrected chi connectivity index (χ3v) is 7.01. The van der Waals surface area contributed by atoms with Gasteiger partial charge in [-0.2, -0.15) is 0 Å². The largest absolute Gasteiger partial charge is 0.378 e. The molecule has 0 radical (unpaired) electrons. The summed E-state index contributed by atoms with van der Waals surface area (Å²) >= 11 is 0. The summed E-state index contributed by atoms with van der Waals surface area (Å²) in [6, 6.07) is 4.64. The average Bonchev–Trinajstić information content (AvgIpc) is 3.38. The van der Waals surface area contributed by atoms with E-state index in [1.165, 1.54) is 24.3 Å². The van der Waals surface area contributed by atoms with E-state index >= 15 is 0 Å². The topological polar surface area (TPSA) is 79.0 Å². The van der Waals surface area contributed by atoms with Crippen LogP contribution >= 0.6 is 0 Å². The molecule has 0 aromatic heterocycles. The van der Waals surface area contributed by atoms with Crippen LogP contribution in [0.3, 0.4) is 0 Å². The number of nitrogens with one attached hydrogen (secondary N) is 1. The molecule has 8 heteroatoms. The highest BCUT2D eigenvalue weighted by Crippen LogP contribution is 2.29. The Morgan fingerprint density at radius 3 is 2.16 bits per heavy atom. The number of nitrogens with zero attached hydrogens (tertiary/aromatic N) is 2. The van der Waals surface area contributed by atoms with Crippen LogP contribution in [0.4, 0.5) is 4.39 Å². The zero-order valence-corrected chi connectivity index (χ0v) is 18.4. The van der Waals surface area contributed by atoms with Crippen molar-refractivity contribution in [3.05, 3.63) is 35.6 Å². The van der Waals surface area contributed by atoms with E-state index in [0.29, 0.717) is 57.8 Å². The smallest absolute Gasteiger partial charge is 0.251 e. The lowest BCUT2D eigenvalue weighted by Crippen LogP contribution is -2.56. The van der Waals surface area contributed by atoms with E-state index in [1.54, 1.807) is 4.90 Å². The number of ether oxygens (including phenoxy) is 1. The number of halogens is 1. The minimum Gasteiger partial charge on any atom is -0.378 e. The molecule has 1 aromatic carbocycles. The van der Waals surface area contributed by atoms with Gasteiger partial charge in [-0.25, -0.2) is 4.39 Å². The van der Waals surface area contributed by atoms with Crippen LogP contribution < -0.4 is 5.32 Å². The van der Waals surface area contributed by atoms with Crippen molar-refractivity contribution in [1.29, 1.82) is 0 Å². The van der Waals surface area contributed by atoms with Crippen molar-refractivity contribution in [3.63, 3.8) is 0 Å². The number of piperidine rings is 1. The fourth-order valence-electron chi connectivity index (χ4n) is 5.07. The van der Waals surface area contributed by atoms with E-state index in [2.05, 4.69) is 5.32 Å². The van der Waals surface area contributed by atoms with Crippen molar-refractivity contribution < 1.29 is 23.5 Å². The Morgan fingerprint density at radius 2 is 1.53 bits per heavy atom. The van der Waals surface area contributed by atoms with Gasteiger partial charge < -0.3 is 19.9 Å². The molecular formula is C24H32FN3O4.